The molecule has 4 atom stereocenters. The third-order valence-corrected chi connectivity index (χ3v) is 6.08. The average Bonchev–Trinajstić information content (AvgIpc) is 3.32. The van der Waals surface area contributed by atoms with Crippen molar-refractivity contribution >= 4 is 41.2 Å². The van der Waals surface area contributed by atoms with E-state index in [0.717, 1.165) is 5.56 Å². The molecule has 0 radical (unpaired) electrons. The molecule has 1 aliphatic rings. The van der Waals surface area contributed by atoms with Gasteiger partial charge in [-0.15, -0.1) is 11.6 Å². The van der Waals surface area contributed by atoms with Crippen LogP contribution in [0.15, 0.2) is 30.3 Å². The molecule has 1 fully saturated rings. The second-order valence-corrected chi connectivity index (χ2v) is 10.4. The Morgan fingerprint density at radius 1 is 1.03 bits per heavy atom. The molecule has 0 aromatic heterocycles. The van der Waals surface area contributed by atoms with Crippen molar-refractivity contribution in [3.05, 3.63) is 35.9 Å². The van der Waals surface area contributed by atoms with Crippen LogP contribution >= 0.6 is 11.6 Å². The average molecular weight is 537 g/mol. The Kier molecular flexibility index (Phi) is 10.9. The molecule has 1 aromatic rings. The van der Waals surface area contributed by atoms with E-state index in [4.69, 9.17) is 16.3 Å². The number of ketones is 1. The van der Waals surface area contributed by atoms with E-state index in [9.17, 15) is 24.0 Å². The molecule has 204 valence electrons. The Morgan fingerprint density at radius 3 is 2.27 bits per heavy atom. The fourth-order valence-corrected chi connectivity index (χ4v) is 4.14. The lowest BCUT2D eigenvalue weighted by Crippen LogP contribution is -2.56. The van der Waals surface area contributed by atoms with E-state index in [0.29, 0.717) is 19.4 Å². The van der Waals surface area contributed by atoms with Crippen molar-refractivity contribution in [1.29, 1.82) is 0 Å². The van der Waals surface area contributed by atoms with Crippen LogP contribution in [-0.4, -0.2) is 76.7 Å². The minimum Gasteiger partial charge on any atom is -0.444 e. The summed E-state index contributed by atoms with van der Waals surface area (Å²) in [5.74, 6) is -2.00. The number of likely N-dealkylation sites (tertiary alicyclic amines) is 1. The highest BCUT2D eigenvalue weighted by Crippen LogP contribution is 2.19. The summed E-state index contributed by atoms with van der Waals surface area (Å²) in [6, 6.07) is 5.79. The predicted octanol–water partition coefficient (Wildman–Crippen LogP) is 1.93. The van der Waals surface area contributed by atoms with Gasteiger partial charge < -0.3 is 25.6 Å². The first-order valence-corrected chi connectivity index (χ1v) is 12.9. The van der Waals surface area contributed by atoms with Crippen molar-refractivity contribution < 1.29 is 28.7 Å². The summed E-state index contributed by atoms with van der Waals surface area (Å²) in [5, 5.41) is 7.78. The van der Waals surface area contributed by atoms with Crippen LogP contribution in [0.5, 0.6) is 0 Å². The van der Waals surface area contributed by atoms with Crippen LogP contribution in [0.2, 0.25) is 0 Å². The molecule has 10 nitrogen and oxygen atoms in total. The number of benzene rings is 1. The van der Waals surface area contributed by atoms with Crippen LogP contribution in [0.3, 0.4) is 0 Å². The SMILES string of the molecule is CC(NC(=O)OC(C)(C)C)C(=O)NC(C)C(=O)N1CCCC1C(=O)NC(Cc1ccccc1)C(=O)CCl. The molecular formula is C26H37ClN4O6. The standard InChI is InChI=1S/C26H37ClN4O6/c1-16(29-25(36)37-26(3,4)5)22(33)28-17(2)24(35)31-13-9-12-20(31)23(34)30-19(21(32)15-27)14-18-10-7-6-8-11-18/h6-8,10-11,16-17,19-20H,9,12-15H2,1-5H3,(H,28,33)(H,29,36)(H,30,34). The summed E-state index contributed by atoms with van der Waals surface area (Å²) in [6.45, 7) is 8.45. The zero-order valence-corrected chi connectivity index (χ0v) is 22.8. The van der Waals surface area contributed by atoms with Gasteiger partial charge in [0, 0.05) is 6.54 Å². The van der Waals surface area contributed by atoms with Gasteiger partial charge in [0.05, 0.1) is 11.9 Å². The molecule has 0 aliphatic carbocycles. The fraction of sp³-hybridized carbons (Fsp3) is 0.577. The number of carbonyl (C=O) groups is 5. The number of carbonyl (C=O) groups excluding carboxylic acids is 5. The molecule has 1 heterocycles. The van der Waals surface area contributed by atoms with E-state index in [1.54, 1.807) is 20.8 Å². The smallest absolute Gasteiger partial charge is 0.408 e. The highest BCUT2D eigenvalue weighted by molar-refractivity contribution is 6.28. The Morgan fingerprint density at radius 2 is 1.68 bits per heavy atom. The number of halogens is 1. The molecule has 1 aliphatic heterocycles. The normalized spacial score (nSPS) is 17.8. The van der Waals surface area contributed by atoms with Crippen LogP contribution in [-0.2, 0) is 30.3 Å². The van der Waals surface area contributed by atoms with E-state index in [1.807, 2.05) is 30.3 Å². The van der Waals surface area contributed by atoms with Gasteiger partial charge in [-0.05, 0) is 59.4 Å². The van der Waals surface area contributed by atoms with E-state index in [-0.39, 0.29) is 18.1 Å². The molecule has 3 N–H and O–H groups in total. The van der Waals surface area contributed by atoms with Crippen molar-refractivity contribution in [3.8, 4) is 0 Å². The second kappa shape index (κ2) is 13.4. The topological polar surface area (TPSA) is 134 Å². The van der Waals surface area contributed by atoms with Crippen LogP contribution in [0, 0.1) is 0 Å². The quantitative estimate of drug-likeness (QED) is 0.391. The van der Waals surface area contributed by atoms with Crippen molar-refractivity contribution in [3.63, 3.8) is 0 Å². The summed E-state index contributed by atoms with van der Waals surface area (Å²) < 4.78 is 5.14. The zero-order valence-electron chi connectivity index (χ0n) is 22.0. The monoisotopic (exact) mass is 536 g/mol. The molecule has 0 saturated carbocycles. The summed E-state index contributed by atoms with van der Waals surface area (Å²) in [5.41, 5.74) is 0.152. The van der Waals surface area contributed by atoms with Gasteiger partial charge in [-0.25, -0.2) is 4.79 Å². The molecule has 37 heavy (non-hydrogen) atoms. The number of alkyl halides is 1. The number of nitrogens with one attached hydrogen (secondary N) is 3. The Labute approximate surface area is 222 Å². The minimum atomic E-state index is -0.942. The summed E-state index contributed by atoms with van der Waals surface area (Å²) in [6.07, 6.45) is 0.575. The molecule has 4 unspecified atom stereocenters. The van der Waals surface area contributed by atoms with E-state index < -0.39 is 53.6 Å². The van der Waals surface area contributed by atoms with Gasteiger partial charge >= 0.3 is 6.09 Å². The third kappa shape index (κ3) is 9.35. The molecule has 1 saturated heterocycles. The molecule has 0 spiro atoms. The van der Waals surface area contributed by atoms with Gasteiger partial charge in [0.15, 0.2) is 5.78 Å². The van der Waals surface area contributed by atoms with E-state index in [2.05, 4.69) is 16.0 Å². The van der Waals surface area contributed by atoms with Gasteiger partial charge in [-0.2, -0.15) is 0 Å². The van der Waals surface area contributed by atoms with Gasteiger partial charge in [0.25, 0.3) is 0 Å². The maximum atomic E-state index is 13.1. The van der Waals surface area contributed by atoms with E-state index >= 15 is 0 Å². The minimum absolute atomic E-state index is 0.246. The second-order valence-electron chi connectivity index (χ2n) is 10.1. The number of nitrogens with zero attached hydrogens (tertiary/aromatic N) is 1. The van der Waals surface area contributed by atoms with Crippen LogP contribution in [0.4, 0.5) is 4.79 Å². The summed E-state index contributed by atoms with van der Waals surface area (Å²) in [4.78, 5) is 64.5. The van der Waals surface area contributed by atoms with Crippen molar-refractivity contribution in [2.45, 2.75) is 83.6 Å². The van der Waals surface area contributed by atoms with Crippen LogP contribution in [0.1, 0.15) is 53.0 Å². The lowest BCUT2D eigenvalue weighted by molar-refractivity contribution is -0.141. The molecule has 4 amide bonds. The van der Waals surface area contributed by atoms with E-state index in [1.165, 1.54) is 18.7 Å². The molecule has 1 aromatic carbocycles. The first-order valence-electron chi connectivity index (χ1n) is 12.4. The lowest BCUT2D eigenvalue weighted by atomic mass is 10.0. The Hall–Kier alpha value is -3.14. The number of alkyl carbamates (subject to hydrolysis) is 1. The molecule has 11 heteroatoms. The number of ether oxygens (including phenoxy) is 1. The lowest BCUT2D eigenvalue weighted by Gasteiger charge is -2.29. The number of hydrogen-bond acceptors (Lipinski definition) is 6. The van der Waals surface area contributed by atoms with Crippen LogP contribution in [0.25, 0.3) is 0 Å². The van der Waals surface area contributed by atoms with Crippen LogP contribution < -0.4 is 16.0 Å². The van der Waals surface area contributed by atoms with Gasteiger partial charge in [0.2, 0.25) is 17.7 Å². The first-order chi connectivity index (χ1) is 17.3. The predicted molar refractivity (Wildman–Crippen MR) is 139 cm³/mol. The van der Waals surface area contributed by atoms with Gasteiger partial charge in [-0.1, -0.05) is 30.3 Å². The number of rotatable bonds is 10. The maximum Gasteiger partial charge on any atom is 0.408 e. The highest BCUT2D eigenvalue weighted by Gasteiger charge is 2.38. The summed E-state index contributed by atoms with van der Waals surface area (Å²) >= 11 is 5.77. The fourth-order valence-electron chi connectivity index (χ4n) is 3.96. The third-order valence-electron chi connectivity index (χ3n) is 5.81. The van der Waals surface area contributed by atoms with Crippen molar-refractivity contribution in [2.75, 3.05) is 12.4 Å². The highest BCUT2D eigenvalue weighted by atomic mass is 35.5. The molecule has 2 rings (SSSR count). The zero-order chi connectivity index (χ0) is 27.8. The Bertz CT molecular complexity index is 981. The Balaban J connectivity index is 1.99. The maximum absolute atomic E-state index is 13.1. The molecular weight excluding hydrogens is 500 g/mol. The summed E-state index contributed by atoms with van der Waals surface area (Å²) in [7, 11) is 0. The number of hydrogen-bond donors (Lipinski definition) is 3. The van der Waals surface area contributed by atoms with Gasteiger partial charge in [-0.3, -0.25) is 19.2 Å². The van der Waals surface area contributed by atoms with Crippen molar-refractivity contribution in [1.82, 2.24) is 20.9 Å². The van der Waals surface area contributed by atoms with Crippen molar-refractivity contribution in [2.24, 2.45) is 0 Å². The number of amides is 4. The molecule has 0 bridgehead atoms. The van der Waals surface area contributed by atoms with Gasteiger partial charge in [0.1, 0.15) is 23.7 Å². The largest absolute Gasteiger partial charge is 0.444 e. The first kappa shape index (κ1) is 30.1. The number of Topliss-reactive ketones (excluding diaryl/α,β-unsaturated/α-hetero) is 1.